The van der Waals surface area contributed by atoms with Crippen LogP contribution in [0.3, 0.4) is 0 Å². The van der Waals surface area contributed by atoms with Gasteiger partial charge in [-0.25, -0.2) is 0 Å². The van der Waals surface area contributed by atoms with E-state index in [0.717, 1.165) is 16.9 Å². The van der Waals surface area contributed by atoms with Gasteiger partial charge in [0.1, 0.15) is 5.75 Å². The summed E-state index contributed by atoms with van der Waals surface area (Å²) in [4.78, 5) is 14.3. The molecular formula is C19H23NO2. The van der Waals surface area contributed by atoms with Crippen molar-refractivity contribution in [3.05, 3.63) is 65.7 Å². The first kappa shape index (κ1) is 16.1. The summed E-state index contributed by atoms with van der Waals surface area (Å²) in [7, 11) is 1.82. The predicted octanol–water partition coefficient (Wildman–Crippen LogP) is 3.81. The number of nitrogens with zero attached hydrogens (tertiary/aromatic N) is 1. The Hall–Kier alpha value is -2.29. The second-order valence-electron chi connectivity index (χ2n) is 5.46. The Morgan fingerprint density at radius 2 is 1.73 bits per heavy atom. The number of carbonyl (C=O) groups excluding carboxylic acids is 1. The molecule has 0 unspecified atom stereocenters. The minimum Gasteiger partial charge on any atom is -0.480 e. The minimum atomic E-state index is -0.449. The standard InChI is InChI=1S/C19H23NO2/c1-4-17(22-18-13-9-8-10-15(18)2)19(21)20(3)14-16-11-6-5-7-12-16/h5-13,17H,4,14H2,1-3H3/t17-/m0/s1. The lowest BCUT2D eigenvalue weighted by Gasteiger charge is -2.24. The van der Waals surface area contributed by atoms with Crippen LogP contribution in [-0.2, 0) is 11.3 Å². The van der Waals surface area contributed by atoms with Gasteiger partial charge < -0.3 is 9.64 Å². The lowest BCUT2D eigenvalue weighted by molar-refractivity contribution is -0.138. The predicted molar refractivity (Wildman–Crippen MR) is 88.8 cm³/mol. The summed E-state index contributed by atoms with van der Waals surface area (Å²) in [5.41, 5.74) is 2.16. The van der Waals surface area contributed by atoms with Crippen LogP contribution in [0.5, 0.6) is 5.75 Å². The van der Waals surface area contributed by atoms with Crippen molar-refractivity contribution in [2.75, 3.05) is 7.05 Å². The van der Waals surface area contributed by atoms with Crippen LogP contribution in [0.25, 0.3) is 0 Å². The summed E-state index contributed by atoms with van der Waals surface area (Å²) in [5, 5.41) is 0. The maximum Gasteiger partial charge on any atom is 0.263 e. The van der Waals surface area contributed by atoms with Crippen LogP contribution in [-0.4, -0.2) is 24.0 Å². The number of carbonyl (C=O) groups is 1. The SMILES string of the molecule is CC[C@H](Oc1ccccc1C)C(=O)N(C)Cc1ccccc1. The molecule has 0 radical (unpaired) electrons. The van der Waals surface area contributed by atoms with E-state index in [0.29, 0.717) is 13.0 Å². The van der Waals surface area contributed by atoms with Crippen LogP contribution in [0.15, 0.2) is 54.6 Å². The third-order valence-electron chi connectivity index (χ3n) is 3.65. The van der Waals surface area contributed by atoms with Crippen molar-refractivity contribution >= 4 is 5.91 Å². The lowest BCUT2D eigenvalue weighted by atomic mass is 10.2. The molecule has 2 rings (SSSR count). The van der Waals surface area contributed by atoms with Gasteiger partial charge in [0.25, 0.3) is 5.91 Å². The average Bonchev–Trinajstić information content (AvgIpc) is 2.54. The fourth-order valence-electron chi connectivity index (χ4n) is 2.33. The number of para-hydroxylation sites is 1. The molecule has 0 saturated heterocycles. The second-order valence-corrected chi connectivity index (χ2v) is 5.46. The maximum atomic E-state index is 12.6. The van der Waals surface area contributed by atoms with Gasteiger partial charge in [-0.05, 0) is 30.5 Å². The molecule has 0 heterocycles. The molecule has 2 aromatic carbocycles. The molecular weight excluding hydrogens is 274 g/mol. The highest BCUT2D eigenvalue weighted by Gasteiger charge is 2.22. The van der Waals surface area contributed by atoms with Crippen LogP contribution in [0.1, 0.15) is 24.5 Å². The van der Waals surface area contributed by atoms with Gasteiger partial charge in [-0.2, -0.15) is 0 Å². The van der Waals surface area contributed by atoms with Crippen LogP contribution in [0, 0.1) is 6.92 Å². The van der Waals surface area contributed by atoms with Crippen molar-refractivity contribution in [1.82, 2.24) is 4.90 Å². The first-order valence-electron chi connectivity index (χ1n) is 7.63. The smallest absolute Gasteiger partial charge is 0.263 e. The molecule has 0 aliphatic rings. The molecule has 22 heavy (non-hydrogen) atoms. The van der Waals surface area contributed by atoms with Gasteiger partial charge in [-0.1, -0.05) is 55.5 Å². The maximum absolute atomic E-state index is 12.6. The fourth-order valence-corrected chi connectivity index (χ4v) is 2.33. The average molecular weight is 297 g/mol. The van der Waals surface area contributed by atoms with Crippen LogP contribution < -0.4 is 4.74 Å². The van der Waals surface area contributed by atoms with E-state index in [-0.39, 0.29) is 5.91 Å². The molecule has 116 valence electrons. The Morgan fingerprint density at radius 1 is 1.09 bits per heavy atom. The molecule has 0 N–H and O–H groups in total. The van der Waals surface area contributed by atoms with E-state index in [1.807, 2.05) is 75.5 Å². The van der Waals surface area contributed by atoms with Crippen molar-refractivity contribution in [2.45, 2.75) is 32.9 Å². The van der Waals surface area contributed by atoms with Crippen molar-refractivity contribution in [3.8, 4) is 5.75 Å². The highest BCUT2D eigenvalue weighted by molar-refractivity contribution is 5.81. The van der Waals surface area contributed by atoms with Crippen LogP contribution in [0.4, 0.5) is 0 Å². The summed E-state index contributed by atoms with van der Waals surface area (Å²) in [6, 6.07) is 17.8. The third-order valence-corrected chi connectivity index (χ3v) is 3.65. The quantitative estimate of drug-likeness (QED) is 0.811. The molecule has 1 amide bonds. The Bertz CT molecular complexity index is 610. The van der Waals surface area contributed by atoms with E-state index in [2.05, 4.69) is 0 Å². The van der Waals surface area contributed by atoms with E-state index in [4.69, 9.17) is 4.74 Å². The zero-order chi connectivity index (χ0) is 15.9. The van der Waals surface area contributed by atoms with Crippen molar-refractivity contribution in [3.63, 3.8) is 0 Å². The molecule has 0 bridgehead atoms. The third kappa shape index (κ3) is 4.10. The van der Waals surface area contributed by atoms with Crippen LogP contribution in [0.2, 0.25) is 0 Å². The molecule has 0 aliphatic heterocycles. The van der Waals surface area contributed by atoms with E-state index in [1.54, 1.807) is 4.90 Å². The molecule has 0 spiro atoms. The molecule has 0 fully saturated rings. The minimum absolute atomic E-state index is 0.00889. The van der Waals surface area contributed by atoms with Gasteiger partial charge in [0.05, 0.1) is 0 Å². The van der Waals surface area contributed by atoms with Crippen molar-refractivity contribution in [1.29, 1.82) is 0 Å². The summed E-state index contributed by atoms with van der Waals surface area (Å²) in [6.45, 7) is 4.55. The number of likely N-dealkylation sites (N-methyl/N-ethyl adjacent to an activating group) is 1. The van der Waals surface area contributed by atoms with Gasteiger partial charge in [-0.15, -0.1) is 0 Å². The topological polar surface area (TPSA) is 29.5 Å². The zero-order valence-electron chi connectivity index (χ0n) is 13.5. The van der Waals surface area contributed by atoms with Gasteiger partial charge in [0.15, 0.2) is 6.10 Å². The van der Waals surface area contributed by atoms with Gasteiger partial charge >= 0.3 is 0 Å². The van der Waals surface area contributed by atoms with Gasteiger partial charge in [0, 0.05) is 13.6 Å². The van der Waals surface area contributed by atoms with E-state index in [9.17, 15) is 4.79 Å². The number of hydrogen-bond acceptors (Lipinski definition) is 2. The van der Waals surface area contributed by atoms with Gasteiger partial charge in [-0.3, -0.25) is 4.79 Å². The highest BCUT2D eigenvalue weighted by atomic mass is 16.5. The Balaban J connectivity index is 2.03. The largest absolute Gasteiger partial charge is 0.480 e. The Kier molecular flexibility index (Phi) is 5.59. The Morgan fingerprint density at radius 3 is 2.36 bits per heavy atom. The Labute approximate surface area is 132 Å². The zero-order valence-corrected chi connectivity index (χ0v) is 13.5. The second kappa shape index (κ2) is 7.64. The summed E-state index contributed by atoms with van der Waals surface area (Å²) < 4.78 is 5.92. The highest BCUT2D eigenvalue weighted by Crippen LogP contribution is 2.19. The molecule has 0 aromatic heterocycles. The first-order chi connectivity index (χ1) is 10.6. The molecule has 3 nitrogen and oxygen atoms in total. The van der Waals surface area contributed by atoms with E-state index >= 15 is 0 Å². The van der Waals surface area contributed by atoms with Crippen molar-refractivity contribution < 1.29 is 9.53 Å². The normalized spacial score (nSPS) is 11.8. The number of benzene rings is 2. The molecule has 1 atom stereocenters. The fraction of sp³-hybridized carbons (Fsp3) is 0.316. The van der Waals surface area contributed by atoms with Crippen molar-refractivity contribution in [2.24, 2.45) is 0 Å². The number of hydrogen-bond donors (Lipinski definition) is 0. The molecule has 2 aromatic rings. The first-order valence-corrected chi connectivity index (χ1v) is 7.63. The van der Waals surface area contributed by atoms with E-state index in [1.165, 1.54) is 0 Å². The molecule has 3 heteroatoms. The number of rotatable bonds is 6. The summed E-state index contributed by atoms with van der Waals surface area (Å²) in [5.74, 6) is 0.783. The number of aryl methyl sites for hydroxylation is 1. The monoisotopic (exact) mass is 297 g/mol. The number of ether oxygens (including phenoxy) is 1. The lowest BCUT2D eigenvalue weighted by Crippen LogP contribution is -2.39. The summed E-state index contributed by atoms with van der Waals surface area (Å²) >= 11 is 0. The molecule has 0 saturated carbocycles. The summed E-state index contributed by atoms with van der Waals surface area (Å²) in [6.07, 6.45) is 0.196. The molecule has 0 aliphatic carbocycles. The van der Waals surface area contributed by atoms with E-state index < -0.39 is 6.10 Å². The van der Waals surface area contributed by atoms with Gasteiger partial charge in [0.2, 0.25) is 0 Å². The number of amides is 1. The van der Waals surface area contributed by atoms with Crippen LogP contribution >= 0.6 is 0 Å².